The number of benzene rings is 2. The third kappa shape index (κ3) is 3.68. The maximum absolute atomic E-state index is 10.6. The summed E-state index contributed by atoms with van der Waals surface area (Å²) in [6, 6.07) is 16.0. The van der Waals surface area contributed by atoms with E-state index >= 15 is 0 Å². The molecule has 0 radical (unpaired) electrons. The molecule has 0 fully saturated rings. The van der Waals surface area contributed by atoms with Crippen LogP contribution in [-0.4, -0.2) is 5.11 Å². The zero-order valence-electron chi connectivity index (χ0n) is 10.7. The van der Waals surface area contributed by atoms with Crippen LogP contribution in [-0.2, 0) is 0 Å². The minimum atomic E-state index is -0.473. The van der Waals surface area contributed by atoms with Gasteiger partial charge in [0.25, 0.3) is 0 Å². The molecule has 19 heavy (non-hydrogen) atoms. The van der Waals surface area contributed by atoms with Gasteiger partial charge in [0.05, 0.1) is 6.10 Å². The molecule has 2 atom stereocenters. The molecule has 3 heteroatoms. The van der Waals surface area contributed by atoms with Gasteiger partial charge in [0, 0.05) is 14.9 Å². The summed E-state index contributed by atoms with van der Waals surface area (Å²) in [6.07, 6.45) is 0.429. The maximum atomic E-state index is 10.6. The van der Waals surface area contributed by atoms with Gasteiger partial charge in [-0.05, 0) is 41.8 Å². The second-order valence-corrected chi connectivity index (χ2v) is 6.39. The van der Waals surface area contributed by atoms with Gasteiger partial charge in [-0.1, -0.05) is 63.0 Å². The van der Waals surface area contributed by atoms with Crippen LogP contribution in [0.5, 0.6) is 0 Å². The second-order valence-electron chi connectivity index (χ2n) is 4.56. The molecule has 2 aromatic rings. The van der Waals surface area contributed by atoms with Gasteiger partial charge in [-0.15, -0.1) is 0 Å². The molecule has 100 valence electrons. The molecule has 0 heterocycles. The number of aliphatic hydroxyl groups is 1. The van der Waals surface area contributed by atoms with Crippen molar-refractivity contribution in [2.24, 2.45) is 0 Å². The van der Waals surface area contributed by atoms with E-state index in [4.69, 9.17) is 0 Å². The lowest BCUT2D eigenvalue weighted by Gasteiger charge is -2.22. The van der Waals surface area contributed by atoms with E-state index in [2.05, 4.69) is 50.9 Å². The third-order valence-corrected chi connectivity index (χ3v) is 4.39. The van der Waals surface area contributed by atoms with Crippen molar-refractivity contribution in [2.75, 3.05) is 0 Å². The van der Waals surface area contributed by atoms with Crippen LogP contribution in [0.15, 0.2) is 57.5 Å². The molecule has 0 aliphatic heterocycles. The molecule has 0 saturated heterocycles. The van der Waals surface area contributed by atoms with Crippen molar-refractivity contribution < 1.29 is 5.11 Å². The fourth-order valence-electron chi connectivity index (χ4n) is 2.24. The normalized spacial score (nSPS) is 14.1. The molecule has 0 aliphatic carbocycles. The molecule has 2 rings (SSSR count). The third-order valence-electron chi connectivity index (χ3n) is 3.33. The Bertz CT molecular complexity index is 519. The van der Waals surface area contributed by atoms with Crippen LogP contribution in [0.25, 0.3) is 0 Å². The van der Waals surface area contributed by atoms with Gasteiger partial charge < -0.3 is 5.11 Å². The molecule has 0 saturated carbocycles. The molecule has 2 aromatic carbocycles. The summed E-state index contributed by atoms with van der Waals surface area (Å²) in [5.41, 5.74) is 2.12. The Balaban J connectivity index is 2.26. The van der Waals surface area contributed by atoms with E-state index in [1.54, 1.807) is 0 Å². The van der Waals surface area contributed by atoms with Crippen molar-refractivity contribution in [1.82, 2.24) is 0 Å². The fourth-order valence-corrected chi connectivity index (χ4v) is 2.77. The quantitative estimate of drug-likeness (QED) is 0.745. The highest BCUT2D eigenvalue weighted by Gasteiger charge is 2.20. The van der Waals surface area contributed by atoms with Crippen molar-refractivity contribution in [3.63, 3.8) is 0 Å². The van der Waals surface area contributed by atoms with Gasteiger partial charge in [-0.3, -0.25) is 0 Å². The predicted octanol–water partition coefficient (Wildman–Crippen LogP) is 5.44. The van der Waals surface area contributed by atoms with Crippen LogP contribution < -0.4 is 0 Å². The summed E-state index contributed by atoms with van der Waals surface area (Å²) in [7, 11) is 0. The standard InChI is InChI=1S/C16H16Br2O/c1-2-15(11-3-7-13(17)8-4-11)16(19)12-5-9-14(18)10-6-12/h3-10,15-16,19H,2H2,1H3. The zero-order chi connectivity index (χ0) is 13.8. The Labute approximate surface area is 130 Å². The average molecular weight is 384 g/mol. The molecule has 0 spiro atoms. The summed E-state index contributed by atoms with van der Waals surface area (Å²) < 4.78 is 2.09. The molecule has 1 N–H and O–H groups in total. The van der Waals surface area contributed by atoms with Crippen LogP contribution in [0.2, 0.25) is 0 Å². The largest absolute Gasteiger partial charge is 0.388 e. The van der Waals surface area contributed by atoms with E-state index in [0.29, 0.717) is 0 Å². The molecule has 0 aliphatic rings. The van der Waals surface area contributed by atoms with Gasteiger partial charge >= 0.3 is 0 Å². The first-order valence-electron chi connectivity index (χ1n) is 6.30. The molecule has 1 nitrogen and oxygen atoms in total. The van der Waals surface area contributed by atoms with Crippen molar-refractivity contribution in [2.45, 2.75) is 25.4 Å². The van der Waals surface area contributed by atoms with Crippen molar-refractivity contribution in [3.8, 4) is 0 Å². The van der Waals surface area contributed by atoms with E-state index in [-0.39, 0.29) is 5.92 Å². The van der Waals surface area contributed by atoms with Gasteiger partial charge in [-0.2, -0.15) is 0 Å². The summed E-state index contributed by atoms with van der Waals surface area (Å²) in [5.74, 6) is 0.120. The minimum Gasteiger partial charge on any atom is -0.388 e. The fraction of sp³-hybridized carbons (Fsp3) is 0.250. The molecule has 0 amide bonds. The predicted molar refractivity (Wildman–Crippen MR) is 86.3 cm³/mol. The summed E-state index contributed by atoms with van der Waals surface area (Å²) >= 11 is 6.85. The van der Waals surface area contributed by atoms with Crippen LogP contribution in [0, 0.1) is 0 Å². The zero-order valence-corrected chi connectivity index (χ0v) is 13.9. The first-order valence-corrected chi connectivity index (χ1v) is 7.89. The lowest BCUT2D eigenvalue weighted by atomic mass is 9.87. The molecular formula is C16H16Br2O. The highest BCUT2D eigenvalue weighted by molar-refractivity contribution is 9.10. The highest BCUT2D eigenvalue weighted by Crippen LogP contribution is 2.34. The Morgan fingerprint density at radius 2 is 1.26 bits per heavy atom. The summed E-state index contributed by atoms with van der Waals surface area (Å²) in [4.78, 5) is 0. The number of hydrogen-bond acceptors (Lipinski definition) is 1. The lowest BCUT2D eigenvalue weighted by Crippen LogP contribution is -2.10. The summed E-state index contributed by atoms with van der Waals surface area (Å²) in [5, 5.41) is 10.6. The Kier molecular flexibility index (Phi) is 5.20. The smallest absolute Gasteiger partial charge is 0.0858 e. The molecule has 0 aromatic heterocycles. The highest BCUT2D eigenvalue weighted by atomic mass is 79.9. The number of hydrogen-bond donors (Lipinski definition) is 1. The van der Waals surface area contributed by atoms with Crippen molar-refractivity contribution in [3.05, 3.63) is 68.6 Å². The van der Waals surface area contributed by atoms with Gasteiger partial charge in [0.15, 0.2) is 0 Å². The van der Waals surface area contributed by atoms with Crippen molar-refractivity contribution in [1.29, 1.82) is 0 Å². The first-order chi connectivity index (χ1) is 9.11. The minimum absolute atomic E-state index is 0.120. The second kappa shape index (κ2) is 6.69. The van der Waals surface area contributed by atoms with E-state index < -0.39 is 6.10 Å². The monoisotopic (exact) mass is 382 g/mol. The molecular weight excluding hydrogens is 368 g/mol. The van der Waals surface area contributed by atoms with Crippen LogP contribution in [0.4, 0.5) is 0 Å². The Morgan fingerprint density at radius 1 is 0.842 bits per heavy atom. The van der Waals surface area contributed by atoms with E-state index in [9.17, 15) is 5.11 Å². The van der Waals surface area contributed by atoms with Crippen LogP contribution in [0.1, 0.15) is 36.5 Å². The Hall–Kier alpha value is -0.640. The topological polar surface area (TPSA) is 20.2 Å². The van der Waals surface area contributed by atoms with Gasteiger partial charge in [-0.25, -0.2) is 0 Å². The first kappa shape index (κ1) is 14.8. The van der Waals surface area contributed by atoms with E-state index in [1.807, 2.05) is 36.4 Å². The average Bonchev–Trinajstić information content (AvgIpc) is 2.42. The van der Waals surface area contributed by atoms with Gasteiger partial charge in [0.2, 0.25) is 0 Å². The number of aliphatic hydroxyl groups excluding tert-OH is 1. The number of halogens is 2. The van der Waals surface area contributed by atoms with Gasteiger partial charge in [0.1, 0.15) is 0 Å². The van der Waals surface area contributed by atoms with Crippen LogP contribution >= 0.6 is 31.9 Å². The summed E-state index contributed by atoms with van der Waals surface area (Å²) in [6.45, 7) is 2.11. The molecule has 0 bridgehead atoms. The van der Waals surface area contributed by atoms with Crippen molar-refractivity contribution >= 4 is 31.9 Å². The van der Waals surface area contributed by atoms with E-state index in [0.717, 1.165) is 20.9 Å². The van der Waals surface area contributed by atoms with Crippen LogP contribution in [0.3, 0.4) is 0 Å². The number of rotatable bonds is 4. The Morgan fingerprint density at radius 3 is 1.68 bits per heavy atom. The lowest BCUT2D eigenvalue weighted by molar-refractivity contribution is 0.142. The maximum Gasteiger partial charge on any atom is 0.0858 e. The SMILES string of the molecule is CCC(c1ccc(Br)cc1)C(O)c1ccc(Br)cc1. The van der Waals surface area contributed by atoms with E-state index in [1.165, 1.54) is 5.56 Å². The molecule has 2 unspecified atom stereocenters.